The summed E-state index contributed by atoms with van der Waals surface area (Å²) in [6, 6.07) is 11.0. The molecule has 2 aromatic carbocycles. The summed E-state index contributed by atoms with van der Waals surface area (Å²) in [6.45, 7) is 2.42. The second-order valence-electron chi connectivity index (χ2n) is 6.17. The summed E-state index contributed by atoms with van der Waals surface area (Å²) in [4.78, 5) is 16.8. The first-order valence-electron chi connectivity index (χ1n) is 8.30. The van der Waals surface area contributed by atoms with Gasteiger partial charge in [-0.3, -0.25) is 9.79 Å². The molecule has 0 spiro atoms. The minimum absolute atomic E-state index is 0.155. The zero-order chi connectivity index (χ0) is 17.2. The number of morpholine rings is 1. The molecule has 6 heteroatoms. The molecule has 0 unspecified atom stereocenters. The maximum Gasteiger partial charge on any atom is 0.254 e. The Labute approximate surface area is 145 Å². The highest BCUT2D eigenvalue weighted by Crippen LogP contribution is 2.31. The number of anilines is 1. The van der Waals surface area contributed by atoms with Crippen LogP contribution in [0.5, 0.6) is 5.75 Å². The number of rotatable bonds is 3. The lowest BCUT2D eigenvalue weighted by molar-refractivity contribution is -0.128. The Bertz CT molecular complexity index is 825. The molecule has 0 saturated carbocycles. The first kappa shape index (κ1) is 15.8. The van der Waals surface area contributed by atoms with Crippen molar-refractivity contribution in [1.82, 2.24) is 5.32 Å². The highest BCUT2D eigenvalue weighted by Gasteiger charge is 2.23. The number of carbonyl (C=O) groups is 1. The average molecular weight is 337 g/mol. The number of phenols is 1. The Kier molecular flexibility index (Phi) is 4.21. The van der Waals surface area contributed by atoms with E-state index in [1.54, 1.807) is 18.3 Å². The second-order valence-corrected chi connectivity index (χ2v) is 6.17. The lowest BCUT2D eigenvalue weighted by Crippen LogP contribution is -2.45. The molecule has 4 rings (SSSR count). The van der Waals surface area contributed by atoms with E-state index in [0.717, 1.165) is 34.5 Å². The van der Waals surface area contributed by atoms with Crippen LogP contribution < -0.4 is 10.6 Å². The predicted molar refractivity (Wildman–Crippen MR) is 96.1 cm³/mol. The zero-order valence-corrected chi connectivity index (χ0v) is 13.7. The van der Waals surface area contributed by atoms with Crippen molar-refractivity contribution in [2.75, 3.05) is 25.0 Å². The number of aliphatic imine (C=N–C) groups is 1. The van der Waals surface area contributed by atoms with Gasteiger partial charge in [-0.2, -0.15) is 0 Å². The van der Waals surface area contributed by atoms with Crippen molar-refractivity contribution in [2.45, 2.75) is 12.6 Å². The molecule has 0 aliphatic carbocycles. The summed E-state index contributed by atoms with van der Waals surface area (Å²) in [5, 5.41) is 15.6. The van der Waals surface area contributed by atoms with Crippen molar-refractivity contribution in [3.63, 3.8) is 0 Å². The van der Waals surface area contributed by atoms with Gasteiger partial charge in [-0.15, -0.1) is 0 Å². The summed E-state index contributed by atoms with van der Waals surface area (Å²) in [6.07, 6.45) is 1.31. The maximum atomic E-state index is 12.5. The van der Waals surface area contributed by atoms with Gasteiger partial charge in [0.2, 0.25) is 0 Å². The normalized spacial score (nSPS) is 18.8. The topological polar surface area (TPSA) is 83.0 Å². The number of nitrogens with zero attached hydrogens (tertiary/aromatic N) is 1. The number of benzene rings is 2. The van der Waals surface area contributed by atoms with Crippen molar-refractivity contribution < 1.29 is 14.6 Å². The van der Waals surface area contributed by atoms with Gasteiger partial charge in [-0.1, -0.05) is 12.1 Å². The average Bonchev–Trinajstić information content (AvgIpc) is 3.12. The maximum absolute atomic E-state index is 12.5. The van der Waals surface area contributed by atoms with E-state index in [2.05, 4.69) is 21.7 Å². The van der Waals surface area contributed by atoms with Crippen LogP contribution in [0.3, 0.4) is 0 Å². The summed E-state index contributed by atoms with van der Waals surface area (Å²) >= 11 is 0. The van der Waals surface area contributed by atoms with E-state index >= 15 is 0 Å². The number of phenolic OH excluding ortho intramolecular Hbond substituents is 1. The summed E-state index contributed by atoms with van der Waals surface area (Å²) in [7, 11) is 0. The molecule has 1 saturated heterocycles. The van der Waals surface area contributed by atoms with Crippen LogP contribution in [-0.2, 0) is 16.1 Å². The van der Waals surface area contributed by atoms with Crippen molar-refractivity contribution >= 4 is 17.8 Å². The largest absolute Gasteiger partial charge is 0.508 e. The molecule has 2 aliphatic rings. The highest BCUT2D eigenvalue weighted by molar-refractivity contribution is 6.02. The summed E-state index contributed by atoms with van der Waals surface area (Å²) in [5.41, 5.74) is 4.70. The fourth-order valence-electron chi connectivity index (χ4n) is 3.10. The first-order valence-corrected chi connectivity index (χ1v) is 8.30. The Morgan fingerprint density at radius 2 is 2.08 bits per heavy atom. The Morgan fingerprint density at radius 3 is 2.84 bits per heavy atom. The fourth-order valence-corrected chi connectivity index (χ4v) is 3.10. The van der Waals surface area contributed by atoms with Crippen LogP contribution in [0.25, 0.3) is 11.1 Å². The SMILES string of the molecule is O=C(Nc1cc(-c2ccc(O)cc2)cc2c1C=NC2)[C@H]1CNCCO1. The third kappa shape index (κ3) is 3.26. The van der Waals surface area contributed by atoms with E-state index in [1.807, 2.05) is 18.2 Å². The third-order valence-corrected chi connectivity index (χ3v) is 4.43. The number of nitrogens with one attached hydrogen (secondary N) is 2. The van der Waals surface area contributed by atoms with Crippen LogP contribution in [0.4, 0.5) is 5.69 Å². The molecule has 3 N–H and O–H groups in total. The molecular formula is C19H19N3O3. The van der Waals surface area contributed by atoms with Crippen LogP contribution in [0.1, 0.15) is 11.1 Å². The molecule has 1 amide bonds. The van der Waals surface area contributed by atoms with E-state index in [9.17, 15) is 9.90 Å². The highest BCUT2D eigenvalue weighted by atomic mass is 16.5. The van der Waals surface area contributed by atoms with Crippen molar-refractivity contribution in [1.29, 1.82) is 0 Å². The quantitative estimate of drug-likeness (QED) is 0.799. The monoisotopic (exact) mass is 337 g/mol. The van der Waals surface area contributed by atoms with Gasteiger partial charge in [0.25, 0.3) is 5.91 Å². The van der Waals surface area contributed by atoms with Crippen molar-refractivity contribution in [2.24, 2.45) is 4.99 Å². The van der Waals surface area contributed by atoms with Gasteiger partial charge in [0.15, 0.2) is 0 Å². The van der Waals surface area contributed by atoms with E-state index in [-0.39, 0.29) is 11.7 Å². The number of hydrogen-bond acceptors (Lipinski definition) is 5. The van der Waals surface area contributed by atoms with Gasteiger partial charge >= 0.3 is 0 Å². The molecule has 128 valence electrons. The molecule has 0 bridgehead atoms. The summed E-state index contributed by atoms with van der Waals surface area (Å²) in [5.74, 6) is 0.0706. The molecule has 6 nitrogen and oxygen atoms in total. The van der Waals surface area contributed by atoms with Gasteiger partial charge in [0.05, 0.1) is 18.8 Å². The molecule has 2 aromatic rings. The number of aromatic hydroxyl groups is 1. The van der Waals surface area contributed by atoms with Gasteiger partial charge in [0.1, 0.15) is 11.9 Å². The Balaban J connectivity index is 1.65. The smallest absolute Gasteiger partial charge is 0.254 e. The molecule has 1 fully saturated rings. The van der Waals surface area contributed by atoms with Gasteiger partial charge in [-0.25, -0.2) is 0 Å². The van der Waals surface area contributed by atoms with Crippen LogP contribution in [0, 0.1) is 0 Å². The van der Waals surface area contributed by atoms with Gasteiger partial charge < -0.3 is 20.5 Å². The predicted octanol–water partition coefficient (Wildman–Crippen LogP) is 1.92. The molecule has 2 aliphatic heterocycles. The number of carbonyl (C=O) groups excluding carboxylic acids is 1. The molecular weight excluding hydrogens is 318 g/mol. The molecule has 2 heterocycles. The zero-order valence-electron chi connectivity index (χ0n) is 13.7. The van der Waals surface area contributed by atoms with E-state index in [0.29, 0.717) is 19.7 Å². The minimum atomic E-state index is -0.486. The van der Waals surface area contributed by atoms with Gasteiger partial charge in [-0.05, 0) is 41.0 Å². The second kappa shape index (κ2) is 6.66. The van der Waals surface area contributed by atoms with Crippen LogP contribution in [0.15, 0.2) is 41.4 Å². The van der Waals surface area contributed by atoms with Crippen molar-refractivity contribution in [3.05, 3.63) is 47.5 Å². The van der Waals surface area contributed by atoms with Crippen LogP contribution in [0.2, 0.25) is 0 Å². The van der Waals surface area contributed by atoms with E-state index in [4.69, 9.17) is 4.74 Å². The minimum Gasteiger partial charge on any atom is -0.508 e. The lowest BCUT2D eigenvalue weighted by atomic mass is 9.98. The first-order chi connectivity index (χ1) is 12.2. The Morgan fingerprint density at radius 1 is 1.24 bits per heavy atom. The van der Waals surface area contributed by atoms with Crippen LogP contribution in [-0.4, -0.2) is 43.0 Å². The van der Waals surface area contributed by atoms with Gasteiger partial charge in [0, 0.05) is 24.9 Å². The molecule has 25 heavy (non-hydrogen) atoms. The number of amides is 1. The number of ether oxygens (including phenoxy) is 1. The number of fused-ring (bicyclic) bond motifs is 1. The number of hydrogen-bond donors (Lipinski definition) is 3. The molecule has 0 aromatic heterocycles. The van der Waals surface area contributed by atoms with Crippen LogP contribution >= 0.6 is 0 Å². The summed E-state index contributed by atoms with van der Waals surface area (Å²) < 4.78 is 5.52. The van der Waals surface area contributed by atoms with Crippen molar-refractivity contribution in [3.8, 4) is 16.9 Å². The fraction of sp³-hybridized carbons (Fsp3) is 0.263. The molecule has 1 atom stereocenters. The van der Waals surface area contributed by atoms with E-state index < -0.39 is 6.10 Å². The lowest BCUT2D eigenvalue weighted by Gasteiger charge is -2.23. The third-order valence-electron chi connectivity index (χ3n) is 4.43. The Hall–Kier alpha value is -2.70. The van der Waals surface area contributed by atoms with E-state index in [1.165, 1.54) is 0 Å². The standard InChI is InChI=1S/C19H19N3O3/c23-15-3-1-12(2-4-15)13-7-14-9-21-10-16(14)17(8-13)22-19(24)18-11-20-5-6-25-18/h1-4,7-8,10,18,20,23H,5-6,9,11H2,(H,22,24)/t18-/m1/s1. The molecule has 0 radical (unpaired) electrons.